The van der Waals surface area contributed by atoms with E-state index < -0.39 is 27.7 Å². The number of benzene rings is 3. The van der Waals surface area contributed by atoms with Crippen LogP contribution in [0.2, 0.25) is 0 Å². The number of sulfonamides is 1. The molecule has 0 spiro atoms. The van der Waals surface area contributed by atoms with Crippen molar-refractivity contribution in [2.45, 2.75) is 19.3 Å². The molecule has 6 nitrogen and oxygen atoms in total. The van der Waals surface area contributed by atoms with E-state index in [-0.39, 0.29) is 24.6 Å². The normalized spacial score (nSPS) is 12.0. The molecule has 0 saturated carbocycles. The molecule has 10 heteroatoms. The lowest BCUT2D eigenvalue weighted by Crippen LogP contribution is -2.30. The molecule has 0 aliphatic heterocycles. The molecule has 0 aliphatic rings. The van der Waals surface area contributed by atoms with Gasteiger partial charge in [-0.25, -0.2) is 13.2 Å². The van der Waals surface area contributed by atoms with E-state index >= 15 is 0 Å². The number of hydrogen-bond acceptors (Lipinski definition) is 4. The van der Waals surface area contributed by atoms with Crippen LogP contribution in [0, 0.1) is 0 Å². The zero-order valence-electron chi connectivity index (χ0n) is 18.6. The Morgan fingerprint density at radius 3 is 2.23 bits per heavy atom. The van der Waals surface area contributed by atoms with Gasteiger partial charge >= 0.3 is 12.1 Å². The number of anilines is 1. The third kappa shape index (κ3) is 7.35. The van der Waals surface area contributed by atoms with Gasteiger partial charge in [-0.3, -0.25) is 4.31 Å². The quantitative estimate of drug-likeness (QED) is 0.397. The lowest BCUT2D eigenvalue weighted by molar-refractivity contribution is -0.137. The first kappa shape index (κ1) is 25.8. The highest BCUT2D eigenvalue weighted by molar-refractivity contribution is 7.92. The number of carboxylic acids is 1. The molecule has 0 heterocycles. The Labute approximate surface area is 200 Å². The molecular weight excluding hydrogens is 483 g/mol. The number of hydrogen-bond donors (Lipinski definition) is 1. The molecule has 3 aromatic carbocycles. The van der Waals surface area contributed by atoms with Crippen molar-refractivity contribution < 1.29 is 36.2 Å². The van der Waals surface area contributed by atoms with Crippen molar-refractivity contribution in [1.82, 2.24) is 0 Å². The van der Waals surface area contributed by atoms with E-state index in [0.717, 1.165) is 34.8 Å². The van der Waals surface area contributed by atoms with Gasteiger partial charge in [0.1, 0.15) is 12.4 Å². The first-order chi connectivity index (χ1) is 16.4. The van der Waals surface area contributed by atoms with Gasteiger partial charge in [0.2, 0.25) is 10.0 Å². The number of carbonyl (C=O) groups is 1. The lowest BCUT2D eigenvalue weighted by atomic mass is 10.1. The van der Waals surface area contributed by atoms with Gasteiger partial charge < -0.3 is 9.84 Å². The molecule has 0 radical (unpaired) electrons. The number of aliphatic carboxylic acids is 1. The summed E-state index contributed by atoms with van der Waals surface area (Å²) >= 11 is 0. The fraction of sp³-hybridized carbons (Fsp3) is 0.160. The molecule has 3 rings (SSSR count). The molecule has 0 amide bonds. The largest absolute Gasteiger partial charge is 0.487 e. The van der Waals surface area contributed by atoms with E-state index in [1.165, 1.54) is 6.08 Å². The maximum Gasteiger partial charge on any atom is 0.416 e. The van der Waals surface area contributed by atoms with Gasteiger partial charge in [-0.2, -0.15) is 13.2 Å². The van der Waals surface area contributed by atoms with Crippen LogP contribution >= 0.6 is 0 Å². The van der Waals surface area contributed by atoms with E-state index in [9.17, 15) is 26.4 Å². The predicted octanol–water partition coefficient (Wildman–Crippen LogP) is 5.35. The van der Waals surface area contributed by atoms with Crippen LogP contribution in [0.25, 0.3) is 6.08 Å². The van der Waals surface area contributed by atoms with Gasteiger partial charge in [-0.15, -0.1) is 0 Å². The van der Waals surface area contributed by atoms with Crippen molar-refractivity contribution in [1.29, 1.82) is 0 Å². The second kappa shape index (κ2) is 10.6. The summed E-state index contributed by atoms with van der Waals surface area (Å²) in [7, 11) is -3.87. The smallest absolute Gasteiger partial charge is 0.416 e. The van der Waals surface area contributed by atoms with Crippen LogP contribution < -0.4 is 9.04 Å². The van der Waals surface area contributed by atoms with E-state index in [2.05, 4.69) is 0 Å². The van der Waals surface area contributed by atoms with Crippen LogP contribution in [-0.4, -0.2) is 25.7 Å². The maximum absolute atomic E-state index is 13.4. The van der Waals surface area contributed by atoms with E-state index in [4.69, 9.17) is 9.84 Å². The number of alkyl halides is 3. The third-order valence-electron chi connectivity index (χ3n) is 4.92. The van der Waals surface area contributed by atoms with E-state index in [1.54, 1.807) is 54.6 Å². The van der Waals surface area contributed by atoms with Crippen LogP contribution in [0.3, 0.4) is 0 Å². The fourth-order valence-electron chi connectivity index (χ4n) is 3.20. The molecule has 1 N–H and O–H groups in total. The molecular formula is C25H22F3NO5S. The summed E-state index contributed by atoms with van der Waals surface area (Å²) in [4.78, 5) is 10.6. The zero-order valence-corrected chi connectivity index (χ0v) is 19.4. The molecule has 0 atom stereocenters. The van der Waals surface area contributed by atoms with Crippen molar-refractivity contribution in [2.24, 2.45) is 0 Å². The molecule has 0 aromatic heterocycles. The van der Waals surface area contributed by atoms with Crippen molar-refractivity contribution in [3.63, 3.8) is 0 Å². The molecule has 0 fully saturated rings. The summed E-state index contributed by atoms with van der Waals surface area (Å²) in [6, 6.07) is 17.9. The van der Waals surface area contributed by atoms with Crippen molar-refractivity contribution in [2.75, 3.05) is 10.6 Å². The summed E-state index contributed by atoms with van der Waals surface area (Å²) in [5.41, 5.74) is 0.856. The molecule has 0 saturated heterocycles. The van der Waals surface area contributed by atoms with Crippen molar-refractivity contribution in [3.8, 4) is 5.75 Å². The number of halogens is 3. The molecule has 0 unspecified atom stereocenters. The van der Waals surface area contributed by atoms with Gasteiger partial charge in [0.25, 0.3) is 0 Å². The van der Waals surface area contributed by atoms with E-state index in [1.807, 2.05) is 0 Å². The average Bonchev–Trinajstić information content (AvgIpc) is 2.80. The fourth-order valence-corrected chi connectivity index (χ4v) is 4.09. The lowest BCUT2D eigenvalue weighted by Gasteiger charge is -2.25. The van der Waals surface area contributed by atoms with E-state index in [0.29, 0.717) is 16.7 Å². The summed E-state index contributed by atoms with van der Waals surface area (Å²) in [5, 5.41) is 8.71. The highest BCUT2D eigenvalue weighted by atomic mass is 32.2. The molecule has 0 aliphatic carbocycles. The zero-order chi connectivity index (χ0) is 25.6. The van der Waals surface area contributed by atoms with Crippen LogP contribution in [0.4, 0.5) is 18.9 Å². The Kier molecular flexibility index (Phi) is 7.85. The summed E-state index contributed by atoms with van der Waals surface area (Å²) in [6.45, 7) is -0.230. The van der Waals surface area contributed by atoms with Crippen LogP contribution in [0.1, 0.15) is 22.3 Å². The monoisotopic (exact) mass is 505 g/mol. The van der Waals surface area contributed by atoms with Crippen LogP contribution in [0.5, 0.6) is 5.75 Å². The average molecular weight is 506 g/mol. The minimum atomic E-state index is -4.65. The van der Waals surface area contributed by atoms with Crippen LogP contribution in [0.15, 0.2) is 78.9 Å². The summed E-state index contributed by atoms with van der Waals surface area (Å²) < 4.78 is 72.0. The Bertz CT molecular complexity index is 1310. The molecule has 35 heavy (non-hydrogen) atoms. The van der Waals surface area contributed by atoms with Crippen LogP contribution in [-0.2, 0) is 34.1 Å². The maximum atomic E-state index is 13.4. The minimum absolute atomic E-state index is 0.0228. The van der Waals surface area contributed by atoms with Gasteiger partial charge in [0.05, 0.1) is 24.1 Å². The number of ether oxygens (including phenoxy) is 1. The first-order valence-electron chi connectivity index (χ1n) is 10.3. The van der Waals surface area contributed by atoms with Gasteiger partial charge in [0, 0.05) is 6.08 Å². The highest BCUT2D eigenvalue weighted by Crippen LogP contribution is 2.38. The number of nitrogens with zero attached hydrogens (tertiary/aromatic N) is 1. The van der Waals surface area contributed by atoms with Crippen molar-refractivity contribution in [3.05, 3.63) is 101 Å². The Morgan fingerprint density at radius 2 is 1.66 bits per heavy atom. The standard InChI is InChI=1S/C25H22F3NO5S/c1-35(32,33)29(16-19-5-3-2-4-6-19)22-13-12-21(25(26,27)28)15-23(22)34-17-20-9-7-18(8-10-20)11-14-24(30)31/h2-15H,16-17H2,1H3,(H,30,31)/b14-11+. The topological polar surface area (TPSA) is 83.9 Å². The number of rotatable bonds is 9. The Balaban J connectivity index is 1.94. The second-order valence-electron chi connectivity index (χ2n) is 7.64. The Morgan fingerprint density at radius 1 is 1.00 bits per heavy atom. The SMILES string of the molecule is CS(=O)(=O)N(Cc1ccccc1)c1ccc(C(F)(F)F)cc1OCc1ccc(/C=C/C(=O)O)cc1. The molecule has 184 valence electrons. The minimum Gasteiger partial charge on any atom is -0.487 e. The van der Waals surface area contributed by atoms with Gasteiger partial charge in [0.15, 0.2) is 0 Å². The first-order valence-corrected chi connectivity index (χ1v) is 12.1. The second-order valence-corrected chi connectivity index (χ2v) is 9.54. The Hall–Kier alpha value is -3.79. The molecule has 3 aromatic rings. The van der Waals surface area contributed by atoms with Gasteiger partial charge in [-0.1, -0.05) is 54.6 Å². The van der Waals surface area contributed by atoms with Gasteiger partial charge in [-0.05, 0) is 41.0 Å². The summed E-state index contributed by atoms with van der Waals surface area (Å²) in [6.07, 6.45) is -1.30. The highest BCUT2D eigenvalue weighted by Gasteiger charge is 2.32. The van der Waals surface area contributed by atoms with Crippen molar-refractivity contribution >= 4 is 27.8 Å². The summed E-state index contributed by atoms with van der Waals surface area (Å²) in [5.74, 6) is -1.34. The predicted molar refractivity (Wildman–Crippen MR) is 126 cm³/mol. The number of carboxylic acid groups (broad SMARTS) is 1. The third-order valence-corrected chi connectivity index (χ3v) is 6.04. The molecule has 0 bridgehead atoms.